The first kappa shape index (κ1) is 23.2. The average molecular weight is 465 g/mol. The molecule has 6 nitrogen and oxygen atoms in total. The molecule has 0 spiro atoms. The number of pyridine rings is 1. The van der Waals surface area contributed by atoms with E-state index in [1.165, 1.54) is 22.5 Å². The van der Waals surface area contributed by atoms with Gasteiger partial charge >= 0.3 is 6.09 Å². The van der Waals surface area contributed by atoms with Crippen LogP contribution < -0.4 is 10.2 Å². The van der Waals surface area contributed by atoms with Gasteiger partial charge in [0.05, 0.1) is 16.9 Å². The number of carbonyl (C=O) groups excluding carboxylic acids is 1. The maximum atomic E-state index is 11.8. The van der Waals surface area contributed by atoms with Crippen molar-refractivity contribution in [2.45, 2.75) is 45.6 Å². The Balaban J connectivity index is 1.23. The van der Waals surface area contributed by atoms with Crippen molar-refractivity contribution in [2.75, 3.05) is 24.5 Å². The molecule has 1 amide bonds. The lowest BCUT2D eigenvalue weighted by Gasteiger charge is -2.33. The molecule has 0 unspecified atom stereocenters. The van der Waals surface area contributed by atoms with E-state index in [9.17, 15) is 4.79 Å². The Bertz CT molecular complexity index is 1030. The second-order valence-corrected chi connectivity index (χ2v) is 9.58. The van der Waals surface area contributed by atoms with E-state index >= 15 is 0 Å². The third kappa shape index (κ3) is 6.54. The van der Waals surface area contributed by atoms with Crippen LogP contribution in [0.5, 0.6) is 0 Å². The van der Waals surface area contributed by atoms with E-state index in [-0.39, 0.29) is 12.7 Å². The Morgan fingerprint density at radius 2 is 2.03 bits per heavy atom. The molecule has 1 aromatic carbocycles. The molecule has 0 bridgehead atoms. The molecule has 174 valence electrons. The summed E-state index contributed by atoms with van der Waals surface area (Å²) in [6.45, 7) is 7.27. The monoisotopic (exact) mass is 464 g/mol. The molecular formula is C26H32N4O2S. The number of hydrogen-bond donors (Lipinski definition) is 1. The van der Waals surface area contributed by atoms with Gasteiger partial charge in [-0.3, -0.25) is 0 Å². The number of anilines is 1. The number of nitrogens with one attached hydrogen (secondary N) is 1. The number of piperidine rings is 1. The van der Waals surface area contributed by atoms with E-state index in [0.717, 1.165) is 49.6 Å². The fourth-order valence-corrected chi connectivity index (χ4v) is 4.69. The highest BCUT2D eigenvalue weighted by Gasteiger charge is 2.20. The van der Waals surface area contributed by atoms with Gasteiger partial charge in [0, 0.05) is 30.6 Å². The summed E-state index contributed by atoms with van der Waals surface area (Å²) in [6, 6.07) is 15.0. The highest BCUT2D eigenvalue weighted by molar-refractivity contribution is 7.07. The summed E-state index contributed by atoms with van der Waals surface area (Å²) >= 11 is 1.50. The first-order chi connectivity index (χ1) is 16.1. The largest absolute Gasteiger partial charge is 0.443 e. The smallest absolute Gasteiger partial charge is 0.407 e. The summed E-state index contributed by atoms with van der Waals surface area (Å²) in [7, 11) is 0. The molecule has 0 radical (unpaired) electrons. The molecule has 4 rings (SSSR count). The normalized spacial score (nSPS) is 14.5. The van der Waals surface area contributed by atoms with Crippen LogP contribution in [0.15, 0.2) is 53.4 Å². The second kappa shape index (κ2) is 11.3. The summed E-state index contributed by atoms with van der Waals surface area (Å²) < 4.78 is 5.20. The van der Waals surface area contributed by atoms with E-state index < -0.39 is 0 Å². The zero-order chi connectivity index (χ0) is 23.0. The molecule has 1 aliphatic heterocycles. The lowest BCUT2D eigenvalue weighted by Crippen LogP contribution is -2.35. The van der Waals surface area contributed by atoms with Crippen LogP contribution >= 0.6 is 11.3 Å². The zero-order valence-electron chi connectivity index (χ0n) is 19.4. The molecule has 1 saturated heterocycles. The summed E-state index contributed by atoms with van der Waals surface area (Å²) in [4.78, 5) is 23.3. The lowest BCUT2D eigenvalue weighted by atomic mass is 9.93. The van der Waals surface area contributed by atoms with E-state index in [4.69, 9.17) is 9.72 Å². The predicted octanol–water partition coefficient (Wildman–Crippen LogP) is 5.86. The molecule has 1 N–H and O–H groups in total. The highest BCUT2D eigenvalue weighted by Crippen LogP contribution is 2.27. The number of benzene rings is 1. The maximum Gasteiger partial charge on any atom is 0.407 e. The minimum Gasteiger partial charge on any atom is -0.443 e. The molecule has 7 heteroatoms. The number of amides is 1. The quantitative estimate of drug-likeness (QED) is 0.452. The van der Waals surface area contributed by atoms with Crippen molar-refractivity contribution in [1.82, 2.24) is 15.3 Å². The first-order valence-electron chi connectivity index (χ1n) is 11.7. The molecule has 0 saturated carbocycles. The first-order valence-corrected chi connectivity index (χ1v) is 12.6. The van der Waals surface area contributed by atoms with Crippen molar-refractivity contribution in [3.63, 3.8) is 0 Å². The summed E-state index contributed by atoms with van der Waals surface area (Å²) in [5.74, 6) is 2.15. The molecule has 0 atom stereocenters. The Morgan fingerprint density at radius 3 is 2.79 bits per heavy atom. The molecule has 1 aliphatic rings. The van der Waals surface area contributed by atoms with Crippen molar-refractivity contribution in [2.24, 2.45) is 5.92 Å². The fraction of sp³-hybridized carbons (Fsp3) is 0.423. The van der Waals surface area contributed by atoms with Crippen LogP contribution in [0.1, 0.15) is 50.3 Å². The summed E-state index contributed by atoms with van der Waals surface area (Å²) in [6.07, 6.45) is 2.80. The minimum atomic E-state index is -0.372. The van der Waals surface area contributed by atoms with Crippen molar-refractivity contribution in [1.29, 1.82) is 0 Å². The van der Waals surface area contributed by atoms with Crippen LogP contribution in [-0.4, -0.2) is 35.7 Å². The average Bonchev–Trinajstić information content (AvgIpc) is 3.37. The Labute approximate surface area is 200 Å². The van der Waals surface area contributed by atoms with Gasteiger partial charge in [0.1, 0.15) is 12.4 Å². The van der Waals surface area contributed by atoms with Gasteiger partial charge in [-0.1, -0.05) is 38.1 Å². The lowest BCUT2D eigenvalue weighted by molar-refractivity contribution is 0.137. The van der Waals surface area contributed by atoms with Crippen molar-refractivity contribution >= 4 is 23.2 Å². The zero-order valence-corrected chi connectivity index (χ0v) is 20.2. The van der Waals surface area contributed by atoms with Crippen LogP contribution in [0.3, 0.4) is 0 Å². The molecule has 2 aromatic heterocycles. The van der Waals surface area contributed by atoms with Crippen molar-refractivity contribution in [3.05, 3.63) is 64.6 Å². The van der Waals surface area contributed by atoms with E-state index in [2.05, 4.69) is 71.5 Å². The number of ether oxygens (including phenoxy) is 1. The number of nitrogens with zero attached hydrogens (tertiary/aromatic N) is 3. The standard InChI is InChI=1S/C26H32N4O2S/c1-19(2)21-5-3-6-22(15-21)24-7-4-8-25(29-24)30-13-10-20(11-14-30)9-12-27-26(31)32-16-23-17-33-18-28-23/h3-8,15,17-20H,9-14,16H2,1-2H3,(H,27,31). The molecule has 3 heterocycles. The maximum absolute atomic E-state index is 11.8. The molecule has 0 aliphatic carbocycles. The third-order valence-electron chi connectivity index (χ3n) is 6.18. The summed E-state index contributed by atoms with van der Waals surface area (Å²) in [5.41, 5.74) is 6.05. The van der Waals surface area contributed by atoms with Crippen LogP contribution in [0.25, 0.3) is 11.3 Å². The Hall–Kier alpha value is -2.93. The summed E-state index contributed by atoms with van der Waals surface area (Å²) in [5, 5.41) is 4.75. The molecule has 33 heavy (non-hydrogen) atoms. The van der Waals surface area contributed by atoms with E-state index in [0.29, 0.717) is 18.4 Å². The van der Waals surface area contributed by atoms with Crippen LogP contribution in [-0.2, 0) is 11.3 Å². The number of rotatable bonds is 8. The number of hydrogen-bond acceptors (Lipinski definition) is 6. The molecule has 3 aromatic rings. The van der Waals surface area contributed by atoms with Crippen LogP contribution in [0.4, 0.5) is 10.6 Å². The van der Waals surface area contributed by atoms with Gasteiger partial charge in [-0.05, 0) is 54.9 Å². The molecule has 1 fully saturated rings. The fourth-order valence-electron chi connectivity index (χ4n) is 4.15. The minimum absolute atomic E-state index is 0.224. The van der Waals surface area contributed by atoms with E-state index in [1.807, 2.05) is 5.38 Å². The van der Waals surface area contributed by atoms with Gasteiger partial charge in [-0.15, -0.1) is 11.3 Å². The number of alkyl carbamates (subject to hydrolysis) is 1. The number of aromatic nitrogens is 2. The van der Waals surface area contributed by atoms with E-state index in [1.54, 1.807) is 5.51 Å². The van der Waals surface area contributed by atoms with Crippen LogP contribution in [0.2, 0.25) is 0 Å². The van der Waals surface area contributed by atoms with Crippen LogP contribution in [0, 0.1) is 5.92 Å². The van der Waals surface area contributed by atoms with Gasteiger partial charge < -0.3 is 15.0 Å². The topological polar surface area (TPSA) is 67.4 Å². The number of thiazole rings is 1. The van der Waals surface area contributed by atoms with Gasteiger partial charge in [-0.25, -0.2) is 14.8 Å². The second-order valence-electron chi connectivity index (χ2n) is 8.86. The Morgan fingerprint density at radius 1 is 1.21 bits per heavy atom. The molecular weight excluding hydrogens is 432 g/mol. The predicted molar refractivity (Wildman–Crippen MR) is 134 cm³/mol. The van der Waals surface area contributed by atoms with Crippen molar-refractivity contribution in [3.8, 4) is 11.3 Å². The van der Waals surface area contributed by atoms with Gasteiger partial charge in [-0.2, -0.15) is 0 Å². The van der Waals surface area contributed by atoms with Gasteiger partial charge in [0.2, 0.25) is 0 Å². The third-order valence-corrected chi connectivity index (χ3v) is 6.81. The van der Waals surface area contributed by atoms with Gasteiger partial charge in [0.15, 0.2) is 0 Å². The highest BCUT2D eigenvalue weighted by atomic mass is 32.1. The van der Waals surface area contributed by atoms with Crippen molar-refractivity contribution < 1.29 is 9.53 Å². The Kier molecular flexibility index (Phi) is 7.94. The van der Waals surface area contributed by atoms with Gasteiger partial charge in [0.25, 0.3) is 0 Å². The SMILES string of the molecule is CC(C)c1cccc(-c2cccc(N3CCC(CCNC(=O)OCc4cscn4)CC3)n2)c1. The number of carbonyl (C=O) groups is 1.